The van der Waals surface area contributed by atoms with E-state index in [0.717, 1.165) is 5.56 Å². The van der Waals surface area contributed by atoms with Gasteiger partial charge in [-0.3, -0.25) is 0 Å². The Morgan fingerprint density at radius 1 is 1.39 bits per heavy atom. The minimum atomic E-state index is -2.89. The van der Waals surface area contributed by atoms with Crippen molar-refractivity contribution in [1.82, 2.24) is 10.2 Å². The third-order valence-electron chi connectivity index (χ3n) is 3.60. The van der Waals surface area contributed by atoms with Crippen LogP contribution in [0.4, 0.5) is 4.39 Å². The predicted octanol–water partition coefficient (Wildman–Crippen LogP) is 3.24. The van der Waals surface area contributed by atoms with Gasteiger partial charge in [0.25, 0.3) is 5.22 Å². The maximum absolute atomic E-state index is 13.0. The molecule has 23 heavy (non-hydrogen) atoms. The molecular weight excluding hydrogens is 407 g/mol. The predicted molar refractivity (Wildman–Crippen MR) is 88.4 cm³/mol. The van der Waals surface area contributed by atoms with Gasteiger partial charge < -0.3 is 4.42 Å². The average Bonchev–Trinajstić information content (AvgIpc) is 3.05. The van der Waals surface area contributed by atoms with Crippen LogP contribution in [0.25, 0.3) is 0 Å². The van der Waals surface area contributed by atoms with Crippen molar-refractivity contribution >= 4 is 37.5 Å². The van der Waals surface area contributed by atoms with E-state index >= 15 is 0 Å². The zero-order chi connectivity index (χ0) is 16.4. The maximum atomic E-state index is 13.0. The van der Waals surface area contributed by atoms with Crippen LogP contribution in [-0.2, 0) is 22.0 Å². The SMILES string of the molecule is O=S1(=O)CC[C@H](Cc2nnc(SCc3ccc(F)cc3Br)o2)C1. The van der Waals surface area contributed by atoms with E-state index in [4.69, 9.17) is 4.42 Å². The lowest BCUT2D eigenvalue weighted by Gasteiger charge is -2.03. The second kappa shape index (κ2) is 6.90. The maximum Gasteiger partial charge on any atom is 0.276 e. The molecule has 0 N–H and O–H groups in total. The number of thioether (sulfide) groups is 1. The number of hydrogen-bond donors (Lipinski definition) is 0. The summed E-state index contributed by atoms with van der Waals surface area (Å²) in [6.45, 7) is 0. The molecule has 9 heteroatoms. The monoisotopic (exact) mass is 420 g/mol. The summed E-state index contributed by atoms with van der Waals surface area (Å²) in [7, 11) is -2.89. The van der Waals surface area contributed by atoms with Gasteiger partial charge in [-0.2, -0.15) is 0 Å². The summed E-state index contributed by atoms with van der Waals surface area (Å²) in [6.07, 6.45) is 1.14. The molecule has 1 saturated heterocycles. The van der Waals surface area contributed by atoms with Crippen LogP contribution in [0.2, 0.25) is 0 Å². The number of halogens is 2. The first-order valence-corrected chi connectivity index (χ1v) is 10.6. The average molecular weight is 421 g/mol. The Bertz CT molecular complexity index is 810. The van der Waals surface area contributed by atoms with Gasteiger partial charge in [0.2, 0.25) is 5.89 Å². The zero-order valence-corrected chi connectivity index (χ0v) is 15.3. The van der Waals surface area contributed by atoms with E-state index in [1.807, 2.05) is 0 Å². The first kappa shape index (κ1) is 16.9. The van der Waals surface area contributed by atoms with E-state index in [1.54, 1.807) is 6.07 Å². The van der Waals surface area contributed by atoms with Gasteiger partial charge in [0.1, 0.15) is 5.82 Å². The van der Waals surface area contributed by atoms with Gasteiger partial charge in [0.15, 0.2) is 9.84 Å². The van der Waals surface area contributed by atoms with Crippen LogP contribution in [0.5, 0.6) is 0 Å². The number of rotatable bonds is 5. The summed E-state index contributed by atoms with van der Waals surface area (Å²) in [5.74, 6) is 1.24. The first-order chi connectivity index (χ1) is 10.9. The van der Waals surface area contributed by atoms with Crippen molar-refractivity contribution in [2.45, 2.75) is 23.8 Å². The van der Waals surface area contributed by atoms with E-state index < -0.39 is 9.84 Å². The molecule has 1 aliphatic rings. The highest BCUT2D eigenvalue weighted by Gasteiger charge is 2.29. The van der Waals surface area contributed by atoms with Gasteiger partial charge in [-0.05, 0) is 30.0 Å². The standard InChI is InChI=1S/C14H14BrFN2O3S2/c15-12-6-11(16)2-1-10(12)7-22-14-18-17-13(21-14)5-9-3-4-23(19,20)8-9/h1-2,6,9H,3-5,7-8H2/t9-/m1/s1. The van der Waals surface area contributed by atoms with E-state index in [9.17, 15) is 12.8 Å². The largest absolute Gasteiger partial charge is 0.416 e. The molecule has 124 valence electrons. The molecule has 5 nitrogen and oxygen atoms in total. The Hall–Kier alpha value is -0.930. The molecule has 1 atom stereocenters. The zero-order valence-electron chi connectivity index (χ0n) is 12.0. The van der Waals surface area contributed by atoms with Crippen LogP contribution in [0.1, 0.15) is 17.9 Å². The van der Waals surface area contributed by atoms with E-state index in [0.29, 0.717) is 34.2 Å². The van der Waals surface area contributed by atoms with Crippen LogP contribution in [-0.4, -0.2) is 30.1 Å². The Morgan fingerprint density at radius 3 is 2.91 bits per heavy atom. The fourth-order valence-electron chi connectivity index (χ4n) is 2.44. The highest BCUT2D eigenvalue weighted by molar-refractivity contribution is 9.10. The lowest BCUT2D eigenvalue weighted by atomic mass is 10.1. The first-order valence-electron chi connectivity index (χ1n) is 7.01. The van der Waals surface area contributed by atoms with E-state index in [-0.39, 0.29) is 23.2 Å². The van der Waals surface area contributed by atoms with Crippen LogP contribution in [0.15, 0.2) is 32.3 Å². The van der Waals surface area contributed by atoms with Gasteiger partial charge in [0, 0.05) is 16.6 Å². The molecule has 0 saturated carbocycles. The van der Waals surface area contributed by atoms with E-state index in [2.05, 4.69) is 26.1 Å². The van der Waals surface area contributed by atoms with Crippen molar-refractivity contribution in [3.8, 4) is 0 Å². The molecular formula is C14H14BrFN2O3S2. The van der Waals surface area contributed by atoms with Crippen molar-refractivity contribution < 1.29 is 17.2 Å². The van der Waals surface area contributed by atoms with Crippen molar-refractivity contribution in [3.63, 3.8) is 0 Å². The van der Waals surface area contributed by atoms with Crippen LogP contribution < -0.4 is 0 Å². The summed E-state index contributed by atoms with van der Waals surface area (Å²) in [5.41, 5.74) is 0.929. The Morgan fingerprint density at radius 2 is 2.22 bits per heavy atom. The summed E-state index contributed by atoms with van der Waals surface area (Å²) >= 11 is 4.68. The van der Waals surface area contributed by atoms with Crippen molar-refractivity contribution in [1.29, 1.82) is 0 Å². The fraction of sp³-hybridized carbons (Fsp3) is 0.429. The van der Waals surface area contributed by atoms with Gasteiger partial charge >= 0.3 is 0 Å². The molecule has 0 unspecified atom stereocenters. The molecule has 1 aromatic heterocycles. The molecule has 2 heterocycles. The van der Waals surface area contributed by atoms with Crippen molar-refractivity contribution in [2.24, 2.45) is 5.92 Å². The Labute approximate surface area is 146 Å². The number of benzene rings is 1. The number of aromatic nitrogens is 2. The second-order valence-electron chi connectivity index (χ2n) is 5.46. The van der Waals surface area contributed by atoms with Gasteiger partial charge in [0.05, 0.1) is 11.5 Å². The van der Waals surface area contributed by atoms with Gasteiger partial charge in [-0.25, -0.2) is 12.8 Å². The molecule has 2 aromatic rings. The number of sulfone groups is 1. The van der Waals surface area contributed by atoms with Crippen LogP contribution >= 0.6 is 27.7 Å². The number of hydrogen-bond acceptors (Lipinski definition) is 6. The van der Waals surface area contributed by atoms with Gasteiger partial charge in [-0.15, -0.1) is 10.2 Å². The van der Waals surface area contributed by atoms with Crippen molar-refractivity contribution in [3.05, 3.63) is 39.9 Å². The van der Waals surface area contributed by atoms with Crippen LogP contribution in [0.3, 0.4) is 0 Å². The normalized spacial score (nSPS) is 20.0. The minimum Gasteiger partial charge on any atom is -0.416 e. The van der Waals surface area contributed by atoms with Crippen molar-refractivity contribution in [2.75, 3.05) is 11.5 Å². The summed E-state index contributed by atoms with van der Waals surface area (Å²) < 4.78 is 42.2. The highest BCUT2D eigenvalue weighted by atomic mass is 79.9. The van der Waals surface area contributed by atoms with E-state index in [1.165, 1.54) is 23.9 Å². The third-order valence-corrected chi connectivity index (χ3v) is 7.05. The molecule has 1 fully saturated rings. The lowest BCUT2D eigenvalue weighted by molar-refractivity contribution is 0.389. The molecule has 0 radical (unpaired) electrons. The molecule has 0 spiro atoms. The molecule has 0 aliphatic carbocycles. The smallest absolute Gasteiger partial charge is 0.276 e. The quantitative estimate of drug-likeness (QED) is 0.691. The van der Waals surface area contributed by atoms with Gasteiger partial charge in [-0.1, -0.05) is 33.8 Å². The highest BCUT2D eigenvalue weighted by Crippen LogP contribution is 2.28. The number of nitrogens with zero attached hydrogens (tertiary/aromatic N) is 2. The summed E-state index contributed by atoms with van der Waals surface area (Å²) in [4.78, 5) is 0. The fourth-order valence-corrected chi connectivity index (χ4v) is 5.76. The molecule has 1 aliphatic heterocycles. The second-order valence-corrected chi connectivity index (χ2v) is 9.47. The Kier molecular flexibility index (Phi) is 5.07. The summed E-state index contributed by atoms with van der Waals surface area (Å²) in [5, 5.41) is 8.36. The van der Waals surface area contributed by atoms with Crippen LogP contribution in [0, 0.1) is 11.7 Å². The molecule has 0 bridgehead atoms. The lowest BCUT2D eigenvalue weighted by Crippen LogP contribution is -2.07. The minimum absolute atomic E-state index is 0.0598. The molecule has 1 aromatic carbocycles. The summed E-state index contributed by atoms with van der Waals surface area (Å²) in [6, 6.07) is 4.52. The molecule has 0 amide bonds. The third kappa shape index (κ3) is 4.54. The Balaban J connectivity index is 1.57. The topological polar surface area (TPSA) is 73.1 Å². The molecule has 3 rings (SSSR count).